The lowest BCUT2D eigenvalue weighted by molar-refractivity contribution is -0.137. The number of para-hydroxylation sites is 1. The van der Waals surface area contributed by atoms with E-state index >= 15 is 0 Å². The van der Waals surface area contributed by atoms with Gasteiger partial charge >= 0.3 is 6.18 Å². The molecule has 2 aromatic carbocycles. The Bertz CT molecular complexity index is 978. The first kappa shape index (κ1) is 19.7. The van der Waals surface area contributed by atoms with Crippen molar-refractivity contribution in [3.05, 3.63) is 71.4 Å². The molecule has 4 rings (SSSR count). The molecule has 0 spiro atoms. The molecule has 0 atom stereocenters. The topological polar surface area (TPSA) is 25.4 Å². The van der Waals surface area contributed by atoms with Crippen LogP contribution in [0, 0.1) is 6.92 Å². The van der Waals surface area contributed by atoms with E-state index in [2.05, 4.69) is 9.88 Å². The number of likely N-dealkylation sites (tertiary alicyclic amines) is 1. The van der Waals surface area contributed by atoms with Crippen molar-refractivity contribution in [3.8, 4) is 5.75 Å². The number of piperidine rings is 1. The third-order valence-corrected chi connectivity index (χ3v) is 5.32. The predicted molar refractivity (Wildman–Crippen MR) is 107 cm³/mol. The molecule has 6 heteroatoms. The molecule has 0 radical (unpaired) electrons. The van der Waals surface area contributed by atoms with Gasteiger partial charge in [-0.25, -0.2) is 0 Å². The van der Waals surface area contributed by atoms with Crippen molar-refractivity contribution in [2.24, 2.45) is 0 Å². The van der Waals surface area contributed by atoms with Gasteiger partial charge in [-0.2, -0.15) is 13.2 Å². The molecular weight excluding hydrogens is 377 g/mol. The van der Waals surface area contributed by atoms with Crippen molar-refractivity contribution < 1.29 is 17.9 Å². The van der Waals surface area contributed by atoms with Gasteiger partial charge in [0.2, 0.25) is 0 Å². The van der Waals surface area contributed by atoms with Crippen LogP contribution in [0.1, 0.15) is 29.7 Å². The lowest BCUT2D eigenvalue weighted by Gasteiger charge is -2.32. The van der Waals surface area contributed by atoms with E-state index in [0.29, 0.717) is 6.54 Å². The maximum absolute atomic E-state index is 12.7. The van der Waals surface area contributed by atoms with Gasteiger partial charge in [0.05, 0.1) is 11.1 Å². The molecule has 1 saturated heterocycles. The monoisotopic (exact) mass is 400 g/mol. The molecule has 0 saturated carbocycles. The van der Waals surface area contributed by atoms with Crippen molar-refractivity contribution in [1.82, 2.24) is 9.88 Å². The maximum Gasteiger partial charge on any atom is 0.416 e. The van der Waals surface area contributed by atoms with Crippen LogP contribution in [0.25, 0.3) is 10.9 Å². The fourth-order valence-corrected chi connectivity index (χ4v) is 3.79. The van der Waals surface area contributed by atoms with Crippen LogP contribution in [-0.2, 0) is 12.7 Å². The Kier molecular flexibility index (Phi) is 5.46. The zero-order chi connectivity index (χ0) is 20.4. The first-order chi connectivity index (χ1) is 13.9. The number of ether oxygens (including phenoxy) is 1. The SMILES string of the molecule is Cc1cc(OC2CCN(Cc3ccc(C(F)(F)F)cc3)CC2)c2ccccc2n1. The molecule has 0 unspecified atom stereocenters. The van der Waals surface area contributed by atoms with Crippen molar-refractivity contribution in [2.45, 2.75) is 38.6 Å². The number of benzene rings is 2. The minimum Gasteiger partial charge on any atom is -0.490 e. The standard InChI is InChI=1S/C23H23F3N2O/c1-16-14-22(20-4-2-3-5-21(20)27-16)29-19-10-12-28(13-11-19)15-17-6-8-18(9-7-17)23(24,25)26/h2-9,14,19H,10-13,15H2,1H3. The quantitative estimate of drug-likeness (QED) is 0.570. The van der Waals surface area contributed by atoms with Crippen LogP contribution in [0.5, 0.6) is 5.75 Å². The normalized spacial score (nSPS) is 16.3. The molecule has 0 bridgehead atoms. The first-order valence-electron chi connectivity index (χ1n) is 9.80. The molecule has 1 fully saturated rings. The van der Waals surface area contributed by atoms with Crippen molar-refractivity contribution in [2.75, 3.05) is 13.1 Å². The molecule has 0 aliphatic carbocycles. The molecule has 0 amide bonds. The Hall–Kier alpha value is -2.60. The maximum atomic E-state index is 12.7. The van der Waals surface area contributed by atoms with Gasteiger partial charge in [-0.1, -0.05) is 24.3 Å². The van der Waals surface area contributed by atoms with Crippen LogP contribution in [0.3, 0.4) is 0 Å². The van der Waals surface area contributed by atoms with Crippen LogP contribution in [0.4, 0.5) is 13.2 Å². The van der Waals surface area contributed by atoms with Gasteiger partial charge in [-0.15, -0.1) is 0 Å². The molecule has 3 nitrogen and oxygen atoms in total. The number of hydrogen-bond acceptors (Lipinski definition) is 3. The van der Waals surface area contributed by atoms with Crippen LogP contribution in [0.15, 0.2) is 54.6 Å². The number of nitrogens with zero attached hydrogens (tertiary/aromatic N) is 2. The Labute approximate surface area is 168 Å². The molecule has 1 aliphatic rings. The van der Waals surface area contributed by atoms with E-state index in [1.165, 1.54) is 0 Å². The highest BCUT2D eigenvalue weighted by atomic mass is 19.4. The highest BCUT2D eigenvalue weighted by Gasteiger charge is 2.30. The third kappa shape index (κ3) is 4.70. The van der Waals surface area contributed by atoms with Crippen molar-refractivity contribution in [3.63, 3.8) is 0 Å². The first-order valence-corrected chi connectivity index (χ1v) is 9.80. The average molecular weight is 400 g/mol. The predicted octanol–water partition coefficient (Wildman–Crippen LogP) is 5.61. The van der Waals surface area contributed by atoms with Crippen molar-refractivity contribution in [1.29, 1.82) is 0 Å². The zero-order valence-electron chi connectivity index (χ0n) is 16.2. The third-order valence-electron chi connectivity index (χ3n) is 5.32. The molecule has 2 heterocycles. The molecule has 0 N–H and O–H groups in total. The Morgan fingerprint density at radius 3 is 2.41 bits per heavy atom. The number of hydrogen-bond donors (Lipinski definition) is 0. The highest BCUT2D eigenvalue weighted by Crippen LogP contribution is 2.30. The lowest BCUT2D eigenvalue weighted by Crippen LogP contribution is -2.37. The molecule has 1 aromatic heterocycles. The van der Waals surface area contributed by atoms with Gasteiger partial charge in [0.1, 0.15) is 11.9 Å². The highest BCUT2D eigenvalue weighted by molar-refractivity contribution is 5.85. The summed E-state index contributed by atoms with van der Waals surface area (Å²) in [5, 5.41) is 1.02. The number of rotatable bonds is 4. The number of pyridine rings is 1. The molecular formula is C23H23F3N2O. The lowest BCUT2D eigenvalue weighted by atomic mass is 10.1. The van der Waals surface area contributed by atoms with Crippen LogP contribution < -0.4 is 4.74 Å². The summed E-state index contributed by atoms with van der Waals surface area (Å²) in [5.74, 6) is 0.870. The molecule has 3 aromatic rings. The summed E-state index contributed by atoms with van der Waals surface area (Å²) in [4.78, 5) is 6.81. The Morgan fingerprint density at radius 2 is 1.72 bits per heavy atom. The van der Waals surface area contributed by atoms with E-state index < -0.39 is 11.7 Å². The number of aryl methyl sites for hydroxylation is 1. The van der Waals surface area contributed by atoms with Gasteiger partial charge in [-0.05, 0) is 49.6 Å². The second-order valence-electron chi connectivity index (χ2n) is 7.57. The van der Waals surface area contributed by atoms with Crippen LogP contribution >= 0.6 is 0 Å². The number of alkyl halides is 3. The fraction of sp³-hybridized carbons (Fsp3) is 0.348. The van der Waals surface area contributed by atoms with E-state index in [-0.39, 0.29) is 6.10 Å². The summed E-state index contributed by atoms with van der Waals surface area (Å²) >= 11 is 0. The second kappa shape index (κ2) is 8.03. The van der Waals surface area contributed by atoms with Crippen LogP contribution in [-0.4, -0.2) is 29.1 Å². The summed E-state index contributed by atoms with van der Waals surface area (Å²) in [6.07, 6.45) is -2.39. The van der Waals surface area contributed by atoms with E-state index in [0.717, 1.165) is 66.0 Å². The molecule has 1 aliphatic heterocycles. The minimum atomic E-state index is -4.29. The summed E-state index contributed by atoms with van der Waals surface area (Å²) in [7, 11) is 0. The summed E-state index contributed by atoms with van der Waals surface area (Å²) in [6.45, 7) is 4.33. The van der Waals surface area contributed by atoms with Crippen LogP contribution in [0.2, 0.25) is 0 Å². The minimum absolute atomic E-state index is 0.129. The second-order valence-corrected chi connectivity index (χ2v) is 7.57. The average Bonchev–Trinajstić information content (AvgIpc) is 2.69. The zero-order valence-corrected chi connectivity index (χ0v) is 16.2. The summed E-state index contributed by atoms with van der Waals surface area (Å²) in [6, 6.07) is 15.4. The van der Waals surface area contributed by atoms with Crippen molar-refractivity contribution >= 4 is 10.9 Å². The van der Waals surface area contributed by atoms with E-state index in [1.54, 1.807) is 12.1 Å². The summed E-state index contributed by atoms with van der Waals surface area (Å²) in [5.41, 5.74) is 2.15. The number of fused-ring (bicyclic) bond motifs is 1. The smallest absolute Gasteiger partial charge is 0.416 e. The van der Waals surface area contributed by atoms with Gasteiger partial charge in [0.25, 0.3) is 0 Å². The van der Waals surface area contributed by atoms with Gasteiger partial charge in [0, 0.05) is 36.8 Å². The Balaban J connectivity index is 1.35. The molecule has 152 valence electrons. The van der Waals surface area contributed by atoms with E-state index in [4.69, 9.17) is 4.74 Å². The summed E-state index contributed by atoms with van der Waals surface area (Å²) < 4.78 is 44.4. The molecule has 29 heavy (non-hydrogen) atoms. The van der Waals surface area contributed by atoms with E-state index in [1.807, 2.05) is 37.3 Å². The fourth-order valence-electron chi connectivity index (χ4n) is 3.79. The van der Waals surface area contributed by atoms with Gasteiger partial charge < -0.3 is 4.74 Å². The van der Waals surface area contributed by atoms with E-state index in [9.17, 15) is 13.2 Å². The number of aromatic nitrogens is 1. The number of halogens is 3. The van der Waals surface area contributed by atoms with Gasteiger partial charge in [0.15, 0.2) is 0 Å². The Morgan fingerprint density at radius 1 is 1.03 bits per heavy atom. The largest absolute Gasteiger partial charge is 0.490 e. The van der Waals surface area contributed by atoms with Gasteiger partial charge in [-0.3, -0.25) is 9.88 Å².